The van der Waals surface area contributed by atoms with Crippen LogP contribution in [0.4, 0.5) is 18.9 Å². The van der Waals surface area contributed by atoms with Crippen molar-refractivity contribution in [2.75, 3.05) is 44.7 Å². The number of nitriles is 1. The van der Waals surface area contributed by atoms with Gasteiger partial charge in [-0.05, 0) is 42.8 Å². The van der Waals surface area contributed by atoms with Gasteiger partial charge >= 0.3 is 6.18 Å². The molecule has 0 aliphatic carbocycles. The Morgan fingerprint density at radius 1 is 0.951 bits per heavy atom. The second-order valence-electron chi connectivity index (χ2n) is 10.9. The molecule has 2 aliphatic heterocycles. The fourth-order valence-electron chi connectivity index (χ4n) is 5.93. The summed E-state index contributed by atoms with van der Waals surface area (Å²) in [5.41, 5.74) is 2.59. The van der Waals surface area contributed by atoms with Crippen molar-refractivity contribution in [3.05, 3.63) is 101 Å². The van der Waals surface area contributed by atoms with E-state index in [9.17, 15) is 23.2 Å². The van der Waals surface area contributed by atoms with Gasteiger partial charge in [0, 0.05) is 51.9 Å². The van der Waals surface area contributed by atoms with Crippen molar-refractivity contribution >= 4 is 11.6 Å². The Morgan fingerprint density at radius 3 is 2.34 bits per heavy atom. The summed E-state index contributed by atoms with van der Waals surface area (Å²) in [6.07, 6.45) is -3.77. The van der Waals surface area contributed by atoms with E-state index < -0.39 is 11.7 Å². The van der Waals surface area contributed by atoms with E-state index in [0.29, 0.717) is 63.4 Å². The number of likely N-dealkylation sites (tertiary alicyclic amines) is 1. The highest BCUT2D eigenvalue weighted by Gasteiger charge is 2.41. The summed E-state index contributed by atoms with van der Waals surface area (Å²) in [5.74, 6) is 0.0871. The minimum Gasteiger partial charge on any atom is -0.367 e. The summed E-state index contributed by atoms with van der Waals surface area (Å²) in [5, 5.41) is 9.49. The van der Waals surface area contributed by atoms with Crippen molar-refractivity contribution in [2.45, 2.75) is 37.8 Å². The van der Waals surface area contributed by atoms with Crippen LogP contribution < -0.4 is 4.90 Å². The number of carbonyl (C=O) groups is 1. The van der Waals surface area contributed by atoms with Crippen molar-refractivity contribution in [1.82, 2.24) is 14.7 Å². The smallest absolute Gasteiger partial charge is 0.367 e. The maximum Gasteiger partial charge on any atom is 0.416 e. The highest BCUT2D eigenvalue weighted by molar-refractivity contribution is 5.82. The number of halogens is 3. The SMILES string of the molecule is CN(Cc1cccc(C(F)(F)F)c1)C1CC(C(=O)N2CCN(c3ccccc3C#N)CC2)N(Cc2ccccc2)C1. The molecule has 0 bridgehead atoms. The fourth-order valence-corrected chi connectivity index (χ4v) is 5.93. The van der Waals surface area contributed by atoms with E-state index in [1.54, 1.807) is 6.07 Å². The van der Waals surface area contributed by atoms with E-state index in [-0.39, 0.29) is 18.0 Å². The lowest BCUT2D eigenvalue weighted by Crippen LogP contribution is -2.53. The molecule has 0 radical (unpaired) electrons. The van der Waals surface area contributed by atoms with Crippen LogP contribution in [-0.2, 0) is 24.1 Å². The molecule has 5 rings (SSSR count). The van der Waals surface area contributed by atoms with Crippen LogP contribution in [-0.4, -0.2) is 72.5 Å². The van der Waals surface area contributed by atoms with Gasteiger partial charge < -0.3 is 9.80 Å². The Kier molecular flexibility index (Phi) is 8.62. The van der Waals surface area contributed by atoms with Gasteiger partial charge in [-0.15, -0.1) is 0 Å². The van der Waals surface area contributed by atoms with Gasteiger partial charge in [0.1, 0.15) is 6.07 Å². The molecule has 0 saturated carbocycles. The van der Waals surface area contributed by atoms with Gasteiger partial charge in [0.2, 0.25) is 5.91 Å². The van der Waals surface area contributed by atoms with E-state index in [1.165, 1.54) is 12.1 Å². The number of anilines is 1. The van der Waals surface area contributed by atoms with Crippen molar-refractivity contribution < 1.29 is 18.0 Å². The number of hydrogen-bond donors (Lipinski definition) is 0. The van der Waals surface area contributed by atoms with Crippen LogP contribution in [0, 0.1) is 11.3 Å². The van der Waals surface area contributed by atoms with Crippen LogP contribution in [0.5, 0.6) is 0 Å². The van der Waals surface area contributed by atoms with Crippen molar-refractivity contribution in [3.63, 3.8) is 0 Å². The average molecular weight is 562 g/mol. The summed E-state index contributed by atoms with van der Waals surface area (Å²) < 4.78 is 39.8. The molecule has 2 fully saturated rings. The second kappa shape index (κ2) is 12.3. The van der Waals surface area contributed by atoms with E-state index in [1.807, 2.05) is 66.5 Å². The maximum absolute atomic E-state index is 13.9. The third-order valence-corrected chi connectivity index (χ3v) is 8.16. The largest absolute Gasteiger partial charge is 0.416 e. The van der Waals surface area contributed by atoms with Crippen molar-refractivity contribution in [3.8, 4) is 6.07 Å². The molecule has 41 heavy (non-hydrogen) atoms. The molecule has 2 saturated heterocycles. The first-order chi connectivity index (χ1) is 19.7. The van der Waals surface area contributed by atoms with Crippen LogP contribution in [0.2, 0.25) is 0 Å². The molecule has 3 aromatic carbocycles. The minimum atomic E-state index is -4.38. The molecular weight excluding hydrogens is 527 g/mol. The van der Waals surface area contributed by atoms with Crippen molar-refractivity contribution in [2.24, 2.45) is 0 Å². The minimum absolute atomic E-state index is 0.0194. The molecule has 2 aliphatic rings. The summed E-state index contributed by atoms with van der Waals surface area (Å²) in [6, 6.07) is 25.0. The van der Waals surface area contributed by atoms with E-state index in [4.69, 9.17) is 0 Å². The predicted molar refractivity (Wildman–Crippen MR) is 152 cm³/mol. The number of para-hydroxylation sites is 1. The van der Waals surface area contributed by atoms with Crippen LogP contribution in [0.1, 0.15) is 28.7 Å². The molecule has 2 atom stereocenters. The number of piperazine rings is 1. The Bertz CT molecular complexity index is 1380. The number of alkyl halides is 3. The number of benzene rings is 3. The molecule has 0 aromatic heterocycles. The summed E-state index contributed by atoms with van der Waals surface area (Å²) in [4.78, 5) is 22.3. The molecule has 214 valence electrons. The van der Waals surface area contributed by atoms with Gasteiger partial charge in [-0.25, -0.2) is 0 Å². The van der Waals surface area contributed by atoms with Crippen LogP contribution in [0.25, 0.3) is 0 Å². The maximum atomic E-state index is 13.9. The lowest BCUT2D eigenvalue weighted by molar-refractivity contribution is -0.138. The number of likely N-dealkylation sites (N-methyl/N-ethyl adjacent to an activating group) is 1. The van der Waals surface area contributed by atoms with Gasteiger partial charge in [0.15, 0.2) is 0 Å². The van der Waals surface area contributed by atoms with Crippen molar-refractivity contribution in [1.29, 1.82) is 5.26 Å². The quantitative estimate of drug-likeness (QED) is 0.407. The first-order valence-electron chi connectivity index (χ1n) is 13.9. The molecule has 2 heterocycles. The fraction of sp³-hybridized carbons (Fsp3) is 0.375. The molecule has 2 unspecified atom stereocenters. The highest BCUT2D eigenvalue weighted by Crippen LogP contribution is 2.31. The van der Waals surface area contributed by atoms with Gasteiger partial charge in [0.05, 0.1) is 22.9 Å². The average Bonchev–Trinajstić information content (AvgIpc) is 3.41. The predicted octanol–water partition coefficient (Wildman–Crippen LogP) is 5.00. The number of amides is 1. The Hall–Kier alpha value is -3.87. The molecule has 3 aromatic rings. The molecular formula is C32H34F3N5O. The molecule has 1 amide bonds. The normalized spacial score (nSPS) is 19.9. The van der Waals surface area contributed by atoms with Gasteiger partial charge in [-0.3, -0.25) is 14.6 Å². The topological polar surface area (TPSA) is 53.8 Å². The number of rotatable bonds is 7. The van der Waals surface area contributed by atoms with E-state index in [0.717, 1.165) is 17.3 Å². The third kappa shape index (κ3) is 6.72. The van der Waals surface area contributed by atoms with Crippen LogP contribution >= 0.6 is 0 Å². The number of carbonyl (C=O) groups excluding carboxylic acids is 1. The Morgan fingerprint density at radius 2 is 1.63 bits per heavy atom. The van der Waals surface area contributed by atoms with Crippen LogP contribution in [0.15, 0.2) is 78.9 Å². The summed E-state index contributed by atoms with van der Waals surface area (Å²) >= 11 is 0. The first kappa shape index (κ1) is 28.7. The van der Waals surface area contributed by atoms with Gasteiger partial charge in [-0.1, -0.05) is 60.7 Å². The summed E-state index contributed by atoms with van der Waals surface area (Å²) in [6.45, 7) is 4.07. The highest BCUT2D eigenvalue weighted by atomic mass is 19.4. The molecule has 0 spiro atoms. The van der Waals surface area contributed by atoms with Gasteiger partial charge in [0.25, 0.3) is 0 Å². The monoisotopic (exact) mass is 561 g/mol. The van der Waals surface area contributed by atoms with E-state index >= 15 is 0 Å². The third-order valence-electron chi connectivity index (χ3n) is 8.16. The Balaban J connectivity index is 1.28. The standard InChI is InChI=1S/C32H34F3N5O/c1-37(21-25-10-7-12-27(18-25)32(33,34)35)28-19-30(40(23-28)22-24-8-3-2-4-9-24)31(41)39-16-14-38(15-17-39)29-13-6-5-11-26(29)20-36/h2-13,18,28,30H,14-17,19,21-23H2,1H3. The summed E-state index contributed by atoms with van der Waals surface area (Å²) in [7, 11) is 1.92. The zero-order valence-corrected chi connectivity index (χ0v) is 23.1. The first-order valence-corrected chi connectivity index (χ1v) is 13.9. The lowest BCUT2D eigenvalue weighted by Gasteiger charge is -2.38. The van der Waals surface area contributed by atoms with E-state index in [2.05, 4.69) is 20.8 Å². The number of nitrogens with zero attached hydrogens (tertiary/aromatic N) is 5. The number of hydrogen-bond acceptors (Lipinski definition) is 5. The lowest BCUT2D eigenvalue weighted by atomic mass is 10.1. The molecule has 6 nitrogen and oxygen atoms in total. The van der Waals surface area contributed by atoms with Crippen LogP contribution in [0.3, 0.4) is 0 Å². The zero-order valence-electron chi connectivity index (χ0n) is 23.1. The molecule has 0 N–H and O–H groups in total. The second-order valence-corrected chi connectivity index (χ2v) is 10.9. The molecule has 9 heteroatoms. The van der Waals surface area contributed by atoms with Gasteiger partial charge in [-0.2, -0.15) is 18.4 Å². The zero-order chi connectivity index (χ0) is 29.0. The Labute approximate surface area is 239 Å².